The fourth-order valence-corrected chi connectivity index (χ4v) is 3.17. The average Bonchev–Trinajstić information content (AvgIpc) is 3.16. The number of rotatable bonds is 5. The van der Waals surface area contributed by atoms with Crippen molar-refractivity contribution in [1.82, 2.24) is 4.90 Å². The lowest BCUT2D eigenvalue weighted by Crippen LogP contribution is -2.23. The molecule has 0 radical (unpaired) electrons. The molecule has 3 rings (SSSR count). The second-order valence-corrected chi connectivity index (χ2v) is 6.16. The van der Waals surface area contributed by atoms with Crippen LogP contribution in [-0.2, 0) is 0 Å². The third kappa shape index (κ3) is 2.83. The Bertz CT molecular complexity index is 725. The van der Waals surface area contributed by atoms with Gasteiger partial charge in [-0.25, -0.2) is 0 Å². The van der Waals surface area contributed by atoms with E-state index in [0.29, 0.717) is 0 Å². The van der Waals surface area contributed by atoms with Crippen molar-refractivity contribution < 1.29 is 0 Å². The Labute approximate surface area is 135 Å². The first-order chi connectivity index (χ1) is 10.7. The topological polar surface area (TPSA) is 27.6 Å². The Hall–Kier alpha value is -2.33. The summed E-state index contributed by atoms with van der Waals surface area (Å²) in [5.74, 6) is 1.07. The van der Waals surface area contributed by atoms with Crippen LogP contribution in [0.1, 0.15) is 16.0 Å². The summed E-state index contributed by atoms with van der Waals surface area (Å²) in [6.45, 7) is 9.84. The fourth-order valence-electron chi connectivity index (χ4n) is 2.48. The highest BCUT2D eigenvalue weighted by molar-refractivity contribution is 7.11. The van der Waals surface area contributed by atoms with Gasteiger partial charge in [0.1, 0.15) is 5.84 Å². The van der Waals surface area contributed by atoms with Crippen LogP contribution in [-0.4, -0.2) is 30.9 Å². The lowest BCUT2D eigenvalue weighted by molar-refractivity contribution is 0.557. The van der Waals surface area contributed by atoms with E-state index in [9.17, 15) is 0 Å². The van der Waals surface area contributed by atoms with Gasteiger partial charge in [-0.2, -0.15) is 0 Å². The van der Waals surface area contributed by atoms with Crippen molar-refractivity contribution in [3.05, 3.63) is 64.9 Å². The van der Waals surface area contributed by atoms with Crippen LogP contribution in [0.4, 0.5) is 5.69 Å². The molecule has 1 aromatic carbocycles. The van der Waals surface area contributed by atoms with Crippen LogP contribution in [0.3, 0.4) is 0 Å². The standard InChI is InChI=1S/C18H19N3S/c1-4-17-16(9-12-22-17)20-13(2)14-5-7-15(8-6-14)18-19-10-11-21(18)3/h4-9,12,20H,1-2,10-11H2,3H3. The molecule has 2 heterocycles. The lowest BCUT2D eigenvalue weighted by atomic mass is 10.1. The minimum atomic E-state index is 0.879. The van der Waals surface area contributed by atoms with Gasteiger partial charge in [-0.05, 0) is 17.0 Å². The van der Waals surface area contributed by atoms with Gasteiger partial charge in [0, 0.05) is 29.7 Å². The third-order valence-corrected chi connectivity index (χ3v) is 4.63. The predicted molar refractivity (Wildman–Crippen MR) is 97.5 cm³/mol. The van der Waals surface area contributed by atoms with Crippen molar-refractivity contribution in [3.8, 4) is 0 Å². The van der Waals surface area contributed by atoms with Crippen molar-refractivity contribution in [3.63, 3.8) is 0 Å². The molecule has 2 aromatic rings. The van der Waals surface area contributed by atoms with E-state index in [2.05, 4.69) is 59.7 Å². The number of anilines is 1. The highest BCUT2D eigenvalue weighted by Crippen LogP contribution is 2.26. The number of thiophene rings is 1. The monoisotopic (exact) mass is 309 g/mol. The van der Waals surface area contributed by atoms with Gasteiger partial charge in [0.05, 0.1) is 12.2 Å². The van der Waals surface area contributed by atoms with E-state index in [-0.39, 0.29) is 0 Å². The molecule has 0 atom stereocenters. The van der Waals surface area contributed by atoms with Crippen molar-refractivity contribution >= 4 is 34.6 Å². The summed E-state index contributed by atoms with van der Waals surface area (Å²) < 4.78 is 0. The molecule has 0 unspecified atom stereocenters. The van der Waals surface area contributed by atoms with Crippen LogP contribution >= 0.6 is 11.3 Å². The Balaban J connectivity index is 1.75. The summed E-state index contributed by atoms with van der Waals surface area (Å²) in [5, 5.41) is 5.40. The van der Waals surface area contributed by atoms with E-state index in [1.54, 1.807) is 11.3 Å². The van der Waals surface area contributed by atoms with Gasteiger partial charge in [-0.15, -0.1) is 11.3 Å². The molecule has 0 spiro atoms. The Kier molecular flexibility index (Phi) is 4.11. The molecule has 1 N–H and O–H groups in total. The highest BCUT2D eigenvalue weighted by Gasteiger charge is 2.14. The summed E-state index contributed by atoms with van der Waals surface area (Å²) in [6, 6.07) is 10.4. The van der Waals surface area contributed by atoms with E-state index in [1.165, 1.54) is 0 Å². The number of likely N-dealkylation sites (N-methyl/N-ethyl adjacent to an activating group) is 1. The first kappa shape index (κ1) is 14.6. The van der Waals surface area contributed by atoms with Gasteiger partial charge >= 0.3 is 0 Å². The van der Waals surface area contributed by atoms with Gasteiger partial charge in [-0.1, -0.05) is 43.5 Å². The first-order valence-electron chi connectivity index (χ1n) is 7.21. The molecule has 3 nitrogen and oxygen atoms in total. The Morgan fingerprint density at radius 1 is 1.32 bits per heavy atom. The smallest absolute Gasteiger partial charge is 0.130 e. The number of amidine groups is 1. The zero-order valence-electron chi connectivity index (χ0n) is 12.7. The molecule has 112 valence electrons. The third-order valence-electron chi connectivity index (χ3n) is 3.72. The van der Waals surface area contributed by atoms with Gasteiger partial charge in [0.2, 0.25) is 0 Å². The summed E-state index contributed by atoms with van der Waals surface area (Å²) in [6.07, 6.45) is 1.86. The molecule has 0 bridgehead atoms. The summed E-state index contributed by atoms with van der Waals surface area (Å²) in [4.78, 5) is 7.85. The van der Waals surface area contributed by atoms with Crippen LogP contribution in [0.2, 0.25) is 0 Å². The summed E-state index contributed by atoms with van der Waals surface area (Å²) in [5.41, 5.74) is 4.16. The SMILES string of the molecule is C=Cc1sccc1NC(=C)c1ccc(C2=NCCN2C)cc1. The van der Waals surface area contributed by atoms with Crippen molar-refractivity contribution in [2.45, 2.75) is 0 Å². The summed E-state index contributed by atoms with van der Waals surface area (Å²) in [7, 11) is 2.08. The molecule has 0 saturated carbocycles. The maximum absolute atomic E-state index is 4.54. The van der Waals surface area contributed by atoms with Crippen LogP contribution < -0.4 is 5.32 Å². The van der Waals surface area contributed by atoms with Crippen LogP contribution in [0.25, 0.3) is 11.8 Å². The van der Waals surface area contributed by atoms with E-state index in [1.807, 2.05) is 17.5 Å². The van der Waals surface area contributed by atoms with Crippen molar-refractivity contribution in [2.75, 3.05) is 25.5 Å². The number of benzene rings is 1. The molecule has 1 aliphatic heterocycles. The molecule has 22 heavy (non-hydrogen) atoms. The minimum absolute atomic E-state index is 0.879. The number of nitrogens with zero attached hydrogens (tertiary/aromatic N) is 2. The largest absolute Gasteiger partial charge is 0.358 e. The second-order valence-electron chi connectivity index (χ2n) is 5.21. The second kappa shape index (κ2) is 6.20. The minimum Gasteiger partial charge on any atom is -0.358 e. The molecule has 0 saturated heterocycles. The van der Waals surface area contributed by atoms with Crippen molar-refractivity contribution in [1.29, 1.82) is 0 Å². The van der Waals surface area contributed by atoms with Gasteiger partial charge in [-0.3, -0.25) is 4.99 Å². The van der Waals surface area contributed by atoms with E-state index in [4.69, 9.17) is 0 Å². The predicted octanol–water partition coefficient (Wildman–Crippen LogP) is 4.17. The molecular weight excluding hydrogens is 290 g/mol. The number of hydrogen-bond acceptors (Lipinski definition) is 4. The molecule has 1 aliphatic rings. The first-order valence-corrected chi connectivity index (χ1v) is 8.09. The molecule has 4 heteroatoms. The Morgan fingerprint density at radius 3 is 2.73 bits per heavy atom. The number of aliphatic imine (C=N–C) groups is 1. The number of hydrogen-bond donors (Lipinski definition) is 1. The lowest BCUT2D eigenvalue weighted by Gasteiger charge is -2.15. The van der Waals surface area contributed by atoms with Gasteiger partial charge in [0.15, 0.2) is 0 Å². The zero-order valence-corrected chi connectivity index (χ0v) is 13.5. The highest BCUT2D eigenvalue weighted by atomic mass is 32.1. The summed E-state index contributed by atoms with van der Waals surface area (Å²) >= 11 is 1.66. The maximum Gasteiger partial charge on any atom is 0.130 e. The average molecular weight is 309 g/mol. The van der Waals surface area contributed by atoms with E-state index < -0.39 is 0 Å². The molecule has 0 amide bonds. The zero-order chi connectivity index (χ0) is 15.5. The molecule has 1 aromatic heterocycles. The normalized spacial score (nSPS) is 13.9. The molecule has 0 fully saturated rings. The van der Waals surface area contributed by atoms with E-state index in [0.717, 1.165) is 46.3 Å². The van der Waals surface area contributed by atoms with Crippen LogP contribution in [0.5, 0.6) is 0 Å². The quantitative estimate of drug-likeness (QED) is 0.898. The molecular formula is C18H19N3S. The van der Waals surface area contributed by atoms with E-state index >= 15 is 0 Å². The van der Waals surface area contributed by atoms with Crippen LogP contribution in [0, 0.1) is 0 Å². The van der Waals surface area contributed by atoms with Crippen molar-refractivity contribution in [2.24, 2.45) is 4.99 Å². The van der Waals surface area contributed by atoms with Gasteiger partial charge in [0.25, 0.3) is 0 Å². The maximum atomic E-state index is 4.54. The fraction of sp³-hybridized carbons (Fsp3) is 0.167. The van der Waals surface area contributed by atoms with Crippen LogP contribution in [0.15, 0.2) is 53.9 Å². The molecule has 0 aliphatic carbocycles. The van der Waals surface area contributed by atoms with Gasteiger partial charge < -0.3 is 10.2 Å². The Morgan fingerprint density at radius 2 is 2.09 bits per heavy atom. The number of nitrogens with one attached hydrogen (secondary N) is 1.